The van der Waals surface area contributed by atoms with E-state index < -0.39 is 0 Å². The van der Waals surface area contributed by atoms with E-state index in [0.29, 0.717) is 11.8 Å². The van der Waals surface area contributed by atoms with Gasteiger partial charge in [0, 0.05) is 18.4 Å². The van der Waals surface area contributed by atoms with Gasteiger partial charge in [-0.1, -0.05) is 29.8 Å². The first-order chi connectivity index (χ1) is 6.81. The lowest BCUT2D eigenvalue weighted by Crippen LogP contribution is -2.08. The van der Waals surface area contributed by atoms with Crippen molar-refractivity contribution in [3.05, 3.63) is 35.4 Å². The Morgan fingerprint density at radius 2 is 2.07 bits per heavy atom. The van der Waals surface area contributed by atoms with Crippen molar-refractivity contribution >= 4 is 11.6 Å². The third-order valence-corrected chi connectivity index (χ3v) is 3.21. The maximum Gasteiger partial charge on any atom is 0.0865 e. The number of halogens is 1. The van der Waals surface area contributed by atoms with Gasteiger partial charge >= 0.3 is 0 Å². The van der Waals surface area contributed by atoms with E-state index in [1.807, 2.05) is 0 Å². The van der Waals surface area contributed by atoms with Crippen LogP contribution in [0.1, 0.15) is 23.7 Å². The van der Waals surface area contributed by atoms with Crippen molar-refractivity contribution in [2.45, 2.75) is 19.4 Å². The molecule has 0 bridgehead atoms. The van der Waals surface area contributed by atoms with E-state index in [4.69, 9.17) is 16.3 Å². The van der Waals surface area contributed by atoms with Gasteiger partial charge in [0.05, 0.1) is 6.10 Å². The standard InChI is InChI=1S/C12H15ClO/c1-9-2-4-10(5-3-9)12-11(8-13)6-7-14-12/h2-5,11-12H,6-8H2,1H3. The zero-order valence-electron chi connectivity index (χ0n) is 8.37. The Balaban J connectivity index is 2.17. The molecule has 1 nitrogen and oxygen atoms in total. The fourth-order valence-corrected chi connectivity index (χ4v) is 2.23. The van der Waals surface area contributed by atoms with Crippen LogP contribution in [0.2, 0.25) is 0 Å². The van der Waals surface area contributed by atoms with Crippen molar-refractivity contribution in [2.24, 2.45) is 5.92 Å². The van der Waals surface area contributed by atoms with Crippen LogP contribution in [0.5, 0.6) is 0 Å². The van der Waals surface area contributed by atoms with Crippen molar-refractivity contribution in [1.29, 1.82) is 0 Å². The molecular formula is C12H15ClO. The summed E-state index contributed by atoms with van der Waals surface area (Å²) in [6.07, 6.45) is 1.30. The first-order valence-corrected chi connectivity index (χ1v) is 5.59. The zero-order valence-corrected chi connectivity index (χ0v) is 9.13. The Morgan fingerprint density at radius 1 is 1.36 bits per heavy atom. The highest BCUT2D eigenvalue weighted by Crippen LogP contribution is 2.35. The normalized spacial score (nSPS) is 26.7. The highest BCUT2D eigenvalue weighted by Gasteiger charge is 2.28. The Labute approximate surface area is 90.0 Å². The Morgan fingerprint density at radius 3 is 2.71 bits per heavy atom. The molecule has 0 aliphatic carbocycles. The lowest BCUT2D eigenvalue weighted by Gasteiger charge is -2.16. The fraction of sp³-hybridized carbons (Fsp3) is 0.500. The molecule has 0 N–H and O–H groups in total. The quantitative estimate of drug-likeness (QED) is 0.681. The van der Waals surface area contributed by atoms with Crippen LogP contribution in [-0.4, -0.2) is 12.5 Å². The number of hydrogen-bond acceptors (Lipinski definition) is 1. The minimum atomic E-state index is 0.216. The van der Waals surface area contributed by atoms with Crippen molar-refractivity contribution in [3.63, 3.8) is 0 Å². The van der Waals surface area contributed by atoms with Crippen molar-refractivity contribution < 1.29 is 4.74 Å². The number of alkyl halides is 1. The van der Waals surface area contributed by atoms with E-state index in [2.05, 4.69) is 31.2 Å². The maximum absolute atomic E-state index is 5.90. The molecule has 2 rings (SSSR count). The molecule has 0 aromatic heterocycles. The summed E-state index contributed by atoms with van der Waals surface area (Å²) in [6.45, 7) is 2.94. The molecule has 1 aliphatic rings. The third-order valence-electron chi connectivity index (χ3n) is 2.82. The van der Waals surface area contributed by atoms with Crippen LogP contribution in [0.3, 0.4) is 0 Å². The van der Waals surface area contributed by atoms with Gasteiger partial charge in [0.1, 0.15) is 0 Å². The van der Waals surface area contributed by atoms with Crippen molar-refractivity contribution in [2.75, 3.05) is 12.5 Å². The summed E-state index contributed by atoms with van der Waals surface area (Å²) < 4.78 is 5.70. The van der Waals surface area contributed by atoms with E-state index in [1.165, 1.54) is 11.1 Å². The van der Waals surface area contributed by atoms with Crippen LogP contribution in [0.25, 0.3) is 0 Å². The van der Waals surface area contributed by atoms with E-state index in [1.54, 1.807) is 0 Å². The van der Waals surface area contributed by atoms with Gasteiger partial charge in [0.25, 0.3) is 0 Å². The van der Waals surface area contributed by atoms with Gasteiger partial charge < -0.3 is 4.74 Å². The molecular weight excluding hydrogens is 196 g/mol. The summed E-state index contributed by atoms with van der Waals surface area (Å²) in [5, 5.41) is 0. The topological polar surface area (TPSA) is 9.23 Å². The Bertz CT molecular complexity index is 294. The van der Waals surface area contributed by atoms with Crippen LogP contribution < -0.4 is 0 Å². The fourth-order valence-electron chi connectivity index (χ4n) is 1.92. The number of rotatable bonds is 2. The molecule has 1 saturated heterocycles. The number of ether oxygens (including phenoxy) is 1. The summed E-state index contributed by atoms with van der Waals surface area (Å²) in [5.74, 6) is 1.18. The second kappa shape index (κ2) is 4.33. The Hall–Kier alpha value is -0.530. The second-order valence-corrected chi connectivity index (χ2v) is 4.21. The van der Waals surface area contributed by atoms with E-state index in [9.17, 15) is 0 Å². The predicted octanol–water partition coefficient (Wildman–Crippen LogP) is 3.31. The first-order valence-electron chi connectivity index (χ1n) is 5.05. The maximum atomic E-state index is 5.90. The molecule has 0 spiro atoms. The van der Waals surface area contributed by atoms with Crippen LogP contribution in [-0.2, 0) is 4.74 Å². The van der Waals surface area contributed by atoms with Crippen molar-refractivity contribution in [1.82, 2.24) is 0 Å². The Kier molecular flexibility index (Phi) is 3.09. The molecule has 2 unspecified atom stereocenters. The van der Waals surface area contributed by atoms with Crippen molar-refractivity contribution in [3.8, 4) is 0 Å². The molecule has 1 aliphatic heterocycles. The highest BCUT2D eigenvalue weighted by molar-refractivity contribution is 6.18. The average molecular weight is 211 g/mol. The van der Waals surface area contributed by atoms with Gasteiger partial charge in [-0.3, -0.25) is 0 Å². The minimum absolute atomic E-state index is 0.216. The largest absolute Gasteiger partial charge is 0.373 e. The molecule has 2 atom stereocenters. The molecule has 14 heavy (non-hydrogen) atoms. The smallest absolute Gasteiger partial charge is 0.0865 e. The SMILES string of the molecule is Cc1ccc(C2OCCC2CCl)cc1. The zero-order chi connectivity index (χ0) is 9.97. The van der Waals surface area contributed by atoms with Crippen LogP contribution in [0.4, 0.5) is 0 Å². The molecule has 2 heteroatoms. The lowest BCUT2D eigenvalue weighted by molar-refractivity contribution is 0.0951. The molecule has 1 heterocycles. The lowest BCUT2D eigenvalue weighted by atomic mass is 9.96. The number of hydrogen-bond donors (Lipinski definition) is 0. The average Bonchev–Trinajstić information content (AvgIpc) is 2.67. The molecule has 0 amide bonds. The molecule has 1 aromatic rings. The molecule has 0 saturated carbocycles. The highest BCUT2D eigenvalue weighted by atomic mass is 35.5. The third kappa shape index (κ3) is 1.94. The number of aryl methyl sites for hydroxylation is 1. The van der Waals surface area contributed by atoms with Gasteiger partial charge in [-0.25, -0.2) is 0 Å². The predicted molar refractivity (Wildman–Crippen MR) is 58.7 cm³/mol. The van der Waals surface area contributed by atoms with Crippen LogP contribution >= 0.6 is 11.6 Å². The summed E-state index contributed by atoms with van der Waals surface area (Å²) in [4.78, 5) is 0. The molecule has 1 fully saturated rings. The first kappa shape index (κ1) is 10.0. The van der Waals surface area contributed by atoms with Gasteiger partial charge in [-0.2, -0.15) is 0 Å². The summed E-state index contributed by atoms with van der Waals surface area (Å²) in [6, 6.07) is 8.54. The van der Waals surface area contributed by atoms with E-state index in [-0.39, 0.29) is 6.10 Å². The molecule has 1 aromatic carbocycles. The van der Waals surface area contributed by atoms with Gasteiger partial charge in [0.2, 0.25) is 0 Å². The molecule has 0 radical (unpaired) electrons. The van der Waals surface area contributed by atoms with Crippen LogP contribution in [0, 0.1) is 12.8 Å². The number of benzene rings is 1. The monoisotopic (exact) mass is 210 g/mol. The summed E-state index contributed by atoms with van der Waals surface area (Å²) in [5.41, 5.74) is 2.55. The van der Waals surface area contributed by atoms with Gasteiger partial charge in [-0.05, 0) is 18.9 Å². The van der Waals surface area contributed by atoms with Crippen LogP contribution in [0.15, 0.2) is 24.3 Å². The summed E-state index contributed by atoms with van der Waals surface area (Å²) in [7, 11) is 0. The molecule has 76 valence electrons. The van der Waals surface area contributed by atoms with E-state index >= 15 is 0 Å². The van der Waals surface area contributed by atoms with Gasteiger partial charge in [0.15, 0.2) is 0 Å². The van der Waals surface area contributed by atoms with Gasteiger partial charge in [-0.15, -0.1) is 11.6 Å². The minimum Gasteiger partial charge on any atom is -0.373 e. The summed E-state index contributed by atoms with van der Waals surface area (Å²) >= 11 is 5.90. The second-order valence-electron chi connectivity index (χ2n) is 3.91. The van der Waals surface area contributed by atoms with E-state index in [0.717, 1.165) is 13.0 Å².